The van der Waals surface area contributed by atoms with Gasteiger partial charge in [-0.05, 0) is 32.6 Å². The van der Waals surface area contributed by atoms with Crippen molar-refractivity contribution in [3.63, 3.8) is 0 Å². The minimum atomic E-state index is -0.677. The summed E-state index contributed by atoms with van der Waals surface area (Å²) >= 11 is 0. The first-order valence-electron chi connectivity index (χ1n) is 11.2. The maximum Gasteiger partial charge on any atom is 0.204 e. The molecule has 1 aromatic heterocycles. The quantitative estimate of drug-likeness (QED) is 0.541. The Morgan fingerprint density at radius 1 is 1.03 bits per heavy atom. The number of benzene rings is 2. The smallest absolute Gasteiger partial charge is 0.204 e. The fraction of sp³-hybridized carbons (Fsp3) is 0.500. The van der Waals surface area contributed by atoms with E-state index >= 15 is 0 Å². The van der Waals surface area contributed by atoms with Crippen molar-refractivity contribution in [2.75, 3.05) is 21.3 Å². The molecule has 7 nitrogen and oxygen atoms in total. The predicted molar refractivity (Wildman–Crippen MR) is 127 cm³/mol. The lowest BCUT2D eigenvalue weighted by Crippen LogP contribution is -2.33. The zero-order chi connectivity index (χ0) is 24.1. The highest BCUT2D eigenvalue weighted by Gasteiger charge is 2.33. The zero-order valence-electron chi connectivity index (χ0n) is 20.3. The molecule has 178 valence electrons. The van der Waals surface area contributed by atoms with E-state index in [9.17, 15) is 9.90 Å². The maximum absolute atomic E-state index is 14.1. The van der Waals surface area contributed by atoms with Crippen LogP contribution in [0.1, 0.15) is 45.2 Å². The molecule has 1 aliphatic heterocycles. The number of fused-ring (bicyclic) bond motifs is 4. The molecule has 0 saturated carbocycles. The van der Waals surface area contributed by atoms with Gasteiger partial charge in [0.25, 0.3) is 0 Å². The van der Waals surface area contributed by atoms with Crippen LogP contribution in [0.3, 0.4) is 0 Å². The molecule has 0 aliphatic carbocycles. The fourth-order valence-corrected chi connectivity index (χ4v) is 4.49. The predicted octanol–water partition coefficient (Wildman–Crippen LogP) is 4.64. The molecular weight excluding hydrogens is 424 g/mol. The maximum atomic E-state index is 14.1. The summed E-state index contributed by atoms with van der Waals surface area (Å²) in [6.45, 7) is 7.86. The molecule has 4 rings (SSSR count). The first-order chi connectivity index (χ1) is 15.6. The van der Waals surface area contributed by atoms with E-state index in [0.29, 0.717) is 50.5 Å². The van der Waals surface area contributed by atoms with Gasteiger partial charge in [0, 0.05) is 29.7 Å². The molecule has 33 heavy (non-hydrogen) atoms. The second-order valence-corrected chi connectivity index (χ2v) is 9.53. The molecular formula is C26H32O7. The van der Waals surface area contributed by atoms with Gasteiger partial charge in [0.05, 0.1) is 32.8 Å². The van der Waals surface area contributed by atoms with Gasteiger partial charge in [0.2, 0.25) is 5.43 Å². The molecule has 1 unspecified atom stereocenters. The number of rotatable bonds is 6. The minimum absolute atomic E-state index is 0.00962. The SMILES string of the molecule is COc1cc2oc3cc(OC)c(OC)c(CC(O)C(C)C)c3c(=O)c2c2c1CCC(C)(C)O2. The first-order valence-corrected chi connectivity index (χ1v) is 11.2. The molecule has 0 amide bonds. The van der Waals surface area contributed by atoms with Crippen molar-refractivity contribution in [2.45, 2.75) is 58.7 Å². The Morgan fingerprint density at radius 2 is 1.67 bits per heavy atom. The summed E-state index contributed by atoms with van der Waals surface area (Å²) in [5, 5.41) is 11.4. The van der Waals surface area contributed by atoms with E-state index in [2.05, 4.69) is 0 Å². The lowest BCUT2D eigenvalue weighted by Gasteiger charge is -2.33. The second-order valence-electron chi connectivity index (χ2n) is 9.53. The first kappa shape index (κ1) is 23.2. The summed E-state index contributed by atoms with van der Waals surface area (Å²) in [5.74, 6) is 1.97. The Balaban J connectivity index is 2.14. The van der Waals surface area contributed by atoms with Crippen LogP contribution in [0.2, 0.25) is 0 Å². The van der Waals surface area contributed by atoms with E-state index < -0.39 is 11.7 Å². The zero-order valence-corrected chi connectivity index (χ0v) is 20.3. The van der Waals surface area contributed by atoms with Crippen LogP contribution in [-0.2, 0) is 12.8 Å². The molecule has 2 aromatic carbocycles. The lowest BCUT2D eigenvalue weighted by molar-refractivity contribution is 0.0857. The minimum Gasteiger partial charge on any atom is -0.496 e. The van der Waals surface area contributed by atoms with Crippen LogP contribution in [0.15, 0.2) is 21.3 Å². The summed E-state index contributed by atoms with van der Waals surface area (Å²) in [7, 11) is 4.65. The van der Waals surface area contributed by atoms with Gasteiger partial charge in [0.1, 0.15) is 33.7 Å². The summed E-state index contributed by atoms with van der Waals surface area (Å²) in [5.41, 5.74) is 1.50. The van der Waals surface area contributed by atoms with Crippen molar-refractivity contribution in [3.05, 3.63) is 33.5 Å². The van der Waals surface area contributed by atoms with Crippen molar-refractivity contribution in [3.8, 4) is 23.0 Å². The average molecular weight is 457 g/mol. The average Bonchev–Trinajstić information content (AvgIpc) is 2.76. The van der Waals surface area contributed by atoms with E-state index in [0.717, 1.165) is 18.4 Å². The Morgan fingerprint density at radius 3 is 2.27 bits per heavy atom. The number of aliphatic hydroxyl groups is 1. The monoisotopic (exact) mass is 456 g/mol. The van der Waals surface area contributed by atoms with E-state index in [1.54, 1.807) is 19.2 Å². The summed E-state index contributed by atoms with van der Waals surface area (Å²) in [6, 6.07) is 3.40. The van der Waals surface area contributed by atoms with Crippen molar-refractivity contribution < 1.29 is 28.5 Å². The van der Waals surface area contributed by atoms with Crippen LogP contribution in [0.5, 0.6) is 23.0 Å². The molecule has 0 radical (unpaired) electrons. The normalized spacial score (nSPS) is 15.9. The van der Waals surface area contributed by atoms with Crippen molar-refractivity contribution in [1.29, 1.82) is 0 Å². The highest BCUT2D eigenvalue weighted by atomic mass is 16.5. The topological polar surface area (TPSA) is 87.4 Å². The van der Waals surface area contributed by atoms with Crippen LogP contribution in [0.25, 0.3) is 21.9 Å². The van der Waals surface area contributed by atoms with E-state index in [1.807, 2.05) is 27.7 Å². The van der Waals surface area contributed by atoms with Crippen molar-refractivity contribution in [2.24, 2.45) is 5.92 Å². The van der Waals surface area contributed by atoms with Crippen molar-refractivity contribution >= 4 is 21.9 Å². The molecule has 2 heterocycles. The molecule has 3 aromatic rings. The van der Waals surface area contributed by atoms with Gasteiger partial charge in [-0.15, -0.1) is 0 Å². The van der Waals surface area contributed by atoms with Crippen LogP contribution in [0, 0.1) is 5.92 Å². The standard InChI is InChI=1S/C26H32O7/c1-13(2)16(27)10-15-21-18(12-20(30-6)24(15)31-7)32-19-11-17(29-5)14-8-9-26(3,4)33-25(14)22(19)23(21)28/h11-13,16,27H,8-10H2,1-7H3. The molecule has 0 saturated heterocycles. The number of ether oxygens (including phenoxy) is 4. The van der Waals surface area contributed by atoms with Gasteiger partial charge in [-0.2, -0.15) is 0 Å². The summed E-state index contributed by atoms with van der Waals surface area (Å²) in [6.07, 6.45) is 1.07. The van der Waals surface area contributed by atoms with Gasteiger partial charge in [-0.3, -0.25) is 4.79 Å². The van der Waals surface area contributed by atoms with Gasteiger partial charge >= 0.3 is 0 Å². The number of aliphatic hydroxyl groups excluding tert-OH is 1. The van der Waals surface area contributed by atoms with Crippen LogP contribution < -0.4 is 24.4 Å². The third kappa shape index (κ3) is 3.88. The molecule has 0 bridgehead atoms. The molecule has 1 N–H and O–H groups in total. The summed E-state index contributed by atoms with van der Waals surface area (Å²) < 4.78 is 29.3. The molecule has 7 heteroatoms. The molecule has 0 spiro atoms. The Hall–Kier alpha value is -2.93. The molecule has 1 atom stereocenters. The van der Waals surface area contributed by atoms with Crippen LogP contribution >= 0.6 is 0 Å². The van der Waals surface area contributed by atoms with E-state index in [-0.39, 0.29) is 17.8 Å². The van der Waals surface area contributed by atoms with Crippen LogP contribution in [0.4, 0.5) is 0 Å². The van der Waals surface area contributed by atoms with E-state index in [1.165, 1.54) is 14.2 Å². The highest BCUT2D eigenvalue weighted by Crippen LogP contribution is 2.45. The number of methoxy groups -OCH3 is 3. The van der Waals surface area contributed by atoms with Gasteiger partial charge in [-0.1, -0.05) is 13.8 Å². The van der Waals surface area contributed by atoms with Gasteiger partial charge in [-0.25, -0.2) is 0 Å². The molecule has 1 aliphatic rings. The van der Waals surface area contributed by atoms with Gasteiger partial charge < -0.3 is 28.5 Å². The highest BCUT2D eigenvalue weighted by molar-refractivity contribution is 5.98. The third-order valence-electron chi connectivity index (χ3n) is 6.47. The third-order valence-corrected chi connectivity index (χ3v) is 6.47. The van der Waals surface area contributed by atoms with Crippen LogP contribution in [-0.4, -0.2) is 38.1 Å². The second kappa shape index (κ2) is 8.45. The number of hydrogen-bond donors (Lipinski definition) is 1. The Kier molecular flexibility index (Phi) is 5.95. The summed E-state index contributed by atoms with van der Waals surface area (Å²) in [4.78, 5) is 14.1. The lowest BCUT2D eigenvalue weighted by atomic mass is 9.91. The Labute approximate surface area is 193 Å². The van der Waals surface area contributed by atoms with Crippen molar-refractivity contribution in [1.82, 2.24) is 0 Å². The number of hydrogen-bond acceptors (Lipinski definition) is 7. The van der Waals surface area contributed by atoms with Gasteiger partial charge in [0.15, 0.2) is 11.5 Å². The Bertz CT molecular complexity index is 1270. The molecule has 0 fully saturated rings. The fourth-order valence-electron chi connectivity index (χ4n) is 4.49. The van der Waals surface area contributed by atoms with E-state index in [4.69, 9.17) is 23.4 Å². The largest absolute Gasteiger partial charge is 0.496 e.